The molecule has 1 amide bonds. The summed E-state index contributed by atoms with van der Waals surface area (Å²) in [5.74, 6) is 5.67. The highest BCUT2D eigenvalue weighted by molar-refractivity contribution is 5.94. The van der Waals surface area contributed by atoms with E-state index >= 15 is 0 Å². The summed E-state index contributed by atoms with van der Waals surface area (Å²) < 4.78 is 5.32. The van der Waals surface area contributed by atoms with Crippen molar-refractivity contribution in [3.8, 4) is 17.6 Å². The minimum absolute atomic E-state index is 0.123. The van der Waals surface area contributed by atoms with Crippen LogP contribution in [0.5, 0.6) is 5.75 Å². The molecule has 1 aromatic carbocycles. The summed E-state index contributed by atoms with van der Waals surface area (Å²) in [7, 11) is 0. The maximum Gasteiger partial charge on any atom is 0.270 e. The fraction of sp³-hybridized carbons (Fsp3) is 0.125. The number of amides is 1. The number of carbonyl (C=O) groups excluding carboxylic acids is 1. The van der Waals surface area contributed by atoms with Crippen LogP contribution in [0.15, 0.2) is 48.8 Å². The van der Waals surface area contributed by atoms with E-state index < -0.39 is 10.8 Å². The van der Waals surface area contributed by atoms with Crippen molar-refractivity contribution >= 4 is 11.6 Å². The van der Waals surface area contributed by atoms with Crippen molar-refractivity contribution in [3.63, 3.8) is 0 Å². The molecule has 0 spiro atoms. The Morgan fingerprint density at radius 1 is 1.30 bits per heavy atom. The second kappa shape index (κ2) is 8.14. The lowest BCUT2D eigenvalue weighted by Crippen LogP contribution is -2.23. The number of benzene rings is 1. The summed E-state index contributed by atoms with van der Waals surface area (Å²) in [5.41, 5.74) is 0.0845. The Balaban J connectivity index is 1.78. The molecule has 0 radical (unpaired) electrons. The number of hydrogen-bond acceptors (Lipinski definition) is 5. The average molecular weight is 311 g/mol. The quantitative estimate of drug-likeness (QED) is 0.516. The smallest absolute Gasteiger partial charge is 0.270 e. The Morgan fingerprint density at radius 3 is 2.91 bits per heavy atom. The van der Waals surface area contributed by atoms with Crippen molar-refractivity contribution in [1.29, 1.82) is 0 Å². The third-order valence-corrected chi connectivity index (χ3v) is 2.73. The number of aromatic nitrogens is 1. The normalized spacial score (nSPS) is 9.39. The molecule has 7 heteroatoms. The molecule has 0 aliphatic rings. The number of hydrogen-bond donors (Lipinski definition) is 1. The number of pyridine rings is 1. The highest BCUT2D eigenvalue weighted by Gasteiger charge is 2.10. The maximum absolute atomic E-state index is 11.8. The van der Waals surface area contributed by atoms with Crippen LogP contribution in [0, 0.1) is 22.0 Å². The minimum atomic E-state index is -0.549. The Hall–Kier alpha value is -3.40. The molecule has 2 aromatic rings. The predicted molar refractivity (Wildman–Crippen MR) is 82.9 cm³/mol. The topological polar surface area (TPSA) is 94.4 Å². The molecular weight excluding hydrogens is 298 g/mol. The van der Waals surface area contributed by atoms with Crippen LogP contribution in [0.25, 0.3) is 0 Å². The predicted octanol–water partition coefficient (Wildman–Crippen LogP) is 1.80. The van der Waals surface area contributed by atoms with Gasteiger partial charge in [-0.3, -0.25) is 19.9 Å². The molecule has 1 aromatic heterocycles. The Labute approximate surface area is 132 Å². The van der Waals surface area contributed by atoms with Crippen LogP contribution in [0.2, 0.25) is 0 Å². The van der Waals surface area contributed by atoms with E-state index in [0.29, 0.717) is 5.75 Å². The van der Waals surface area contributed by atoms with Crippen LogP contribution >= 0.6 is 0 Å². The second-order valence-corrected chi connectivity index (χ2v) is 4.32. The molecular formula is C16H13N3O4. The third-order valence-electron chi connectivity index (χ3n) is 2.73. The van der Waals surface area contributed by atoms with Gasteiger partial charge in [0.2, 0.25) is 0 Å². The van der Waals surface area contributed by atoms with E-state index in [1.54, 1.807) is 24.5 Å². The van der Waals surface area contributed by atoms with Crippen LogP contribution in [-0.4, -0.2) is 29.0 Å². The molecule has 0 saturated heterocycles. The van der Waals surface area contributed by atoms with Crippen LogP contribution < -0.4 is 10.1 Å². The van der Waals surface area contributed by atoms with Crippen LogP contribution in [-0.2, 0) is 0 Å². The second-order valence-electron chi connectivity index (χ2n) is 4.32. The Kier molecular flexibility index (Phi) is 5.66. The van der Waals surface area contributed by atoms with Gasteiger partial charge in [-0.2, -0.15) is 0 Å². The number of carbonyl (C=O) groups is 1. The summed E-state index contributed by atoms with van der Waals surface area (Å²) in [4.78, 5) is 25.8. The van der Waals surface area contributed by atoms with Gasteiger partial charge >= 0.3 is 0 Å². The minimum Gasteiger partial charge on any atom is -0.479 e. The van der Waals surface area contributed by atoms with Gasteiger partial charge in [0, 0.05) is 23.9 Å². The fourth-order valence-corrected chi connectivity index (χ4v) is 1.65. The fourth-order valence-electron chi connectivity index (χ4n) is 1.65. The van der Waals surface area contributed by atoms with E-state index in [-0.39, 0.29) is 24.4 Å². The maximum atomic E-state index is 11.8. The molecule has 2 rings (SSSR count). The molecule has 0 aliphatic heterocycles. The summed E-state index contributed by atoms with van der Waals surface area (Å²) in [5, 5.41) is 13.2. The molecule has 23 heavy (non-hydrogen) atoms. The number of nitrogens with zero attached hydrogens (tertiary/aromatic N) is 2. The van der Waals surface area contributed by atoms with Crippen LogP contribution in [0.4, 0.5) is 5.69 Å². The van der Waals surface area contributed by atoms with E-state index in [1.165, 1.54) is 24.3 Å². The zero-order valence-electron chi connectivity index (χ0n) is 12.1. The van der Waals surface area contributed by atoms with E-state index in [4.69, 9.17) is 4.74 Å². The zero-order valence-corrected chi connectivity index (χ0v) is 12.1. The first kappa shape index (κ1) is 16.0. The number of rotatable bonds is 5. The summed E-state index contributed by atoms with van der Waals surface area (Å²) in [6.45, 7) is 0.302. The van der Waals surface area contributed by atoms with Crippen LogP contribution in [0.3, 0.4) is 0 Å². The highest BCUT2D eigenvalue weighted by atomic mass is 16.6. The molecule has 0 saturated carbocycles. The molecule has 0 fully saturated rings. The first-order valence-electron chi connectivity index (χ1n) is 6.68. The van der Waals surface area contributed by atoms with Crippen molar-refractivity contribution in [3.05, 3.63) is 64.5 Å². The van der Waals surface area contributed by atoms with Gasteiger partial charge in [0.25, 0.3) is 11.6 Å². The van der Waals surface area contributed by atoms with Gasteiger partial charge in [0.15, 0.2) is 0 Å². The largest absolute Gasteiger partial charge is 0.479 e. The van der Waals surface area contributed by atoms with E-state index in [2.05, 4.69) is 22.1 Å². The summed E-state index contributed by atoms with van der Waals surface area (Å²) in [6.07, 6.45) is 3.22. The average Bonchev–Trinajstić information content (AvgIpc) is 2.58. The van der Waals surface area contributed by atoms with Gasteiger partial charge in [-0.1, -0.05) is 17.9 Å². The van der Waals surface area contributed by atoms with Gasteiger partial charge in [0.05, 0.1) is 17.7 Å². The first-order valence-corrected chi connectivity index (χ1v) is 6.68. The molecule has 0 bridgehead atoms. The van der Waals surface area contributed by atoms with Crippen molar-refractivity contribution in [2.24, 2.45) is 0 Å². The molecule has 7 nitrogen and oxygen atoms in total. The van der Waals surface area contributed by atoms with E-state index in [1.807, 2.05) is 0 Å². The van der Waals surface area contributed by atoms with E-state index in [9.17, 15) is 14.9 Å². The number of nitrogens with one attached hydrogen (secondary N) is 1. The van der Waals surface area contributed by atoms with Gasteiger partial charge in [0.1, 0.15) is 12.4 Å². The lowest BCUT2D eigenvalue weighted by Gasteiger charge is -2.01. The monoisotopic (exact) mass is 311 g/mol. The Bertz CT molecular complexity index is 751. The SMILES string of the molecule is O=C(NCC#CCOc1cccnc1)c1cccc([N+](=O)[O-])c1. The molecule has 0 atom stereocenters. The molecule has 1 heterocycles. The lowest BCUT2D eigenvalue weighted by atomic mass is 10.2. The standard InChI is InChI=1S/C16H13N3O4/c20-16(13-5-3-6-14(11-13)19(21)22)18-9-1-2-10-23-15-7-4-8-17-12-15/h3-8,11-12H,9-10H2,(H,18,20). The van der Waals surface area contributed by atoms with Crippen LogP contribution in [0.1, 0.15) is 10.4 Å². The number of non-ortho nitro benzene ring substituents is 1. The summed E-state index contributed by atoms with van der Waals surface area (Å²) >= 11 is 0. The molecule has 0 unspecified atom stereocenters. The number of nitro groups is 1. The molecule has 116 valence electrons. The van der Waals surface area contributed by atoms with Gasteiger partial charge < -0.3 is 10.1 Å². The number of ether oxygens (including phenoxy) is 1. The van der Waals surface area contributed by atoms with Crippen molar-refractivity contribution in [1.82, 2.24) is 10.3 Å². The zero-order chi connectivity index (χ0) is 16.5. The van der Waals surface area contributed by atoms with Gasteiger partial charge in [-0.05, 0) is 18.2 Å². The van der Waals surface area contributed by atoms with Crippen molar-refractivity contribution < 1.29 is 14.5 Å². The van der Waals surface area contributed by atoms with Gasteiger partial charge in [-0.25, -0.2) is 0 Å². The summed E-state index contributed by atoms with van der Waals surface area (Å²) in [6, 6.07) is 9.02. The first-order chi connectivity index (χ1) is 11.2. The third kappa shape index (κ3) is 5.13. The lowest BCUT2D eigenvalue weighted by molar-refractivity contribution is -0.384. The van der Waals surface area contributed by atoms with E-state index in [0.717, 1.165) is 0 Å². The van der Waals surface area contributed by atoms with Crippen molar-refractivity contribution in [2.45, 2.75) is 0 Å². The Morgan fingerprint density at radius 2 is 2.17 bits per heavy atom. The molecule has 1 N–H and O–H groups in total. The number of nitro benzene ring substituents is 1. The van der Waals surface area contributed by atoms with Gasteiger partial charge in [-0.15, -0.1) is 0 Å². The highest BCUT2D eigenvalue weighted by Crippen LogP contribution is 2.12. The van der Waals surface area contributed by atoms with Crippen molar-refractivity contribution in [2.75, 3.05) is 13.2 Å². The molecule has 0 aliphatic carbocycles.